The monoisotopic (exact) mass is 454 g/mol. The van der Waals surface area contributed by atoms with Gasteiger partial charge in [0.15, 0.2) is 0 Å². The van der Waals surface area contributed by atoms with Crippen LogP contribution in [0.1, 0.15) is 35.1 Å². The summed E-state index contributed by atoms with van der Waals surface area (Å²) in [5.74, 6) is -1.82. The van der Waals surface area contributed by atoms with Gasteiger partial charge in [-0.15, -0.1) is 0 Å². The molecule has 1 amide bonds. The van der Waals surface area contributed by atoms with Crippen LogP contribution in [0.4, 0.5) is 4.39 Å². The minimum Gasteiger partial charge on any atom is -0.507 e. The normalized spacial score (nSPS) is 21.1. The zero-order valence-electron chi connectivity index (χ0n) is 18.8. The number of likely N-dealkylation sites (tertiary alicyclic amines) is 1. The third-order valence-corrected chi connectivity index (χ3v) is 6.04. The molecule has 8 nitrogen and oxygen atoms in total. The highest BCUT2D eigenvalue weighted by Crippen LogP contribution is 2.39. The number of carbonyl (C=O) groups excluding carboxylic acids is 2. The van der Waals surface area contributed by atoms with Gasteiger partial charge in [0.2, 0.25) is 0 Å². The number of nitrogens with zero attached hydrogens (tertiary/aromatic N) is 4. The fourth-order valence-electron chi connectivity index (χ4n) is 4.38. The average molecular weight is 455 g/mol. The summed E-state index contributed by atoms with van der Waals surface area (Å²) in [6, 6.07) is 4.87. The molecule has 3 heterocycles. The van der Waals surface area contributed by atoms with Crippen LogP contribution in [0, 0.1) is 19.7 Å². The van der Waals surface area contributed by atoms with Crippen molar-refractivity contribution in [1.82, 2.24) is 19.8 Å². The van der Waals surface area contributed by atoms with Crippen LogP contribution in [-0.4, -0.2) is 76.0 Å². The number of carbonyl (C=O) groups is 2. The third-order valence-electron chi connectivity index (χ3n) is 6.04. The number of hydrogen-bond acceptors (Lipinski definition) is 7. The Morgan fingerprint density at radius 1 is 1.21 bits per heavy atom. The predicted octanol–water partition coefficient (Wildman–Crippen LogP) is 2.38. The van der Waals surface area contributed by atoms with Gasteiger partial charge in [-0.05, 0) is 38.0 Å². The molecule has 4 rings (SSSR count). The summed E-state index contributed by atoms with van der Waals surface area (Å²) in [7, 11) is 0. The summed E-state index contributed by atoms with van der Waals surface area (Å²) in [4.78, 5) is 38.1. The van der Waals surface area contributed by atoms with Crippen molar-refractivity contribution in [2.45, 2.75) is 26.3 Å². The number of aryl methyl sites for hydroxylation is 2. The van der Waals surface area contributed by atoms with Crippen molar-refractivity contribution in [1.29, 1.82) is 0 Å². The Morgan fingerprint density at radius 3 is 2.67 bits per heavy atom. The van der Waals surface area contributed by atoms with Crippen LogP contribution in [0.2, 0.25) is 0 Å². The fourth-order valence-corrected chi connectivity index (χ4v) is 4.38. The lowest BCUT2D eigenvalue weighted by molar-refractivity contribution is -0.140. The minimum absolute atomic E-state index is 0.0764. The molecule has 2 aliphatic rings. The molecule has 2 aliphatic heterocycles. The molecule has 9 heteroatoms. The molecule has 33 heavy (non-hydrogen) atoms. The Labute approximate surface area is 191 Å². The summed E-state index contributed by atoms with van der Waals surface area (Å²) in [6.45, 7) is 7.43. The van der Waals surface area contributed by atoms with Gasteiger partial charge >= 0.3 is 0 Å². The number of aliphatic hydroxyl groups excluding tert-OH is 1. The molecule has 0 unspecified atom stereocenters. The second-order valence-corrected chi connectivity index (χ2v) is 8.27. The molecule has 2 aromatic rings. The molecule has 0 spiro atoms. The highest BCUT2D eigenvalue weighted by atomic mass is 19.1. The summed E-state index contributed by atoms with van der Waals surface area (Å²) in [5, 5.41) is 11.1. The summed E-state index contributed by atoms with van der Waals surface area (Å²) < 4.78 is 19.5. The van der Waals surface area contributed by atoms with Gasteiger partial charge in [0.1, 0.15) is 17.4 Å². The number of amides is 1. The van der Waals surface area contributed by atoms with E-state index in [9.17, 15) is 19.1 Å². The molecule has 1 aromatic carbocycles. The van der Waals surface area contributed by atoms with E-state index >= 15 is 0 Å². The number of halogens is 1. The number of Topliss-reactive ketones (excluding diaryl/α,β-unsaturated/α-hetero) is 1. The second kappa shape index (κ2) is 9.76. The number of aliphatic hydroxyl groups is 1. The molecule has 1 N–H and O–H groups in total. The van der Waals surface area contributed by atoms with Gasteiger partial charge in [-0.25, -0.2) is 14.4 Å². The SMILES string of the molecule is Cc1ncc(C(O)=C2C(=O)C(=O)N(CCCN3CCOCC3)[C@H]2c2cccc(F)c2)c(C)n1. The third kappa shape index (κ3) is 4.79. The van der Waals surface area contributed by atoms with Crippen molar-refractivity contribution < 1.29 is 23.8 Å². The van der Waals surface area contributed by atoms with Gasteiger partial charge in [-0.1, -0.05) is 12.1 Å². The molecular weight excluding hydrogens is 427 g/mol. The van der Waals surface area contributed by atoms with Crippen molar-refractivity contribution in [3.8, 4) is 0 Å². The number of ketones is 1. The van der Waals surface area contributed by atoms with Crippen molar-refractivity contribution in [3.63, 3.8) is 0 Å². The van der Waals surface area contributed by atoms with E-state index in [1.165, 1.54) is 29.3 Å². The topological polar surface area (TPSA) is 95.9 Å². The fraction of sp³-hybridized carbons (Fsp3) is 0.417. The molecule has 0 saturated carbocycles. The first kappa shape index (κ1) is 23.0. The van der Waals surface area contributed by atoms with E-state index in [0.29, 0.717) is 43.3 Å². The zero-order valence-corrected chi connectivity index (χ0v) is 18.8. The second-order valence-electron chi connectivity index (χ2n) is 8.27. The lowest BCUT2D eigenvalue weighted by Crippen LogP contribution is -2.39. The van der Waals surface area contributed by atoms with Gasteiger partial charge < -0.3 is 14.7 Å². The largest absolute Gasteiger partial charge is 0.507 e. The van der Waals surface area contributed by atoms with Crippen LogP contribution in [0.25, 0.3) is 5.76 Å². The number of rotatable bonds is 6. The molecule has 1 atom stereocenters. The number of aromatic nitrogens is 2. The van der Waals surface area contributed by atoms with Gasteiger partial charge in [0.05, 0.1) is 36.1 Å². The van der Waals surface area contributed by atoms with Crippen LogP contribution >= 0.6 is 0 Å². The van der Waals surface area contributed by atoms with E-state index in [1.807, 2.05) is 0 Å². The molecule has 2 saturated heterocycles. The number of hydrogen-bond donors (Lipinski definition) is 1. The van der Waals surface area contributed by atoms with Crippen LogP contribution < -0.4 is 0 Å². The Hall–Kier alpha value is -3.17. The maximum absolute atomic E-state index is 14.1. The lowest BCUT2D eigenvalue weighted by Gasteiger charge is -2.29. The van der Waals surface area contributed by atoms with Gasteiger partial charge in [0.25, 0.3) is 11.7 Å². The Kier molecular flexibility index (Phi) is 6.80. The predicted molar refractivity (Wildman–Crippen MR) is 119 cm³/mol. The molecule has 0 radical (unpaired) electrons. The summed E-state index contributed by atoms with van der Waals surface area (Å²) in [5.41, 5.74) is 1.10. The van der Waals surface area contributed by atoms with E-state index < -0.39 is 23.5 Å². The molecular formula is C24H27FN4O4. The number of morpholine rings is 1. The van der Waals surface area contributed by atoms with Gasteiger partial charge in [0, 0.05) is 32.4 Å². The summed E-state index contributed by atoms with van der Waals surface area (Å²) in [6.07, 6.45) is 2.06. The van der Waals surface area contributed by atoms with Crippen LogP contribution in [-0.2, 0) is 14.3 Å². The quantitative estimate of drug-likeness (QED) is 0.407. The van der Waals surface area contributed by atoms with Crippen LogP contribution in [0.15, 0.2) is 36.0 Å². The van der Waals surface area contributed by atoms with E-state index in [4.69, 9.17) is 4.74 Å². The van der Waals surface area contributed by atoms with E-state index in [1.54, 1.807) is 19.9 Å². The van der Waals surface area contributed by atoms with E-state index in [-0.39, 0.29) is 16.9 Å². The Morgan fingerprint density at radius 2 is 1.97 bits per heavy atom. The molecule has 1 aromatic heterocycles. The molecule has 0 bridgehead atoms. The zero-order chi connectivity index (χ0) is 23.5. The van der Waals surface area contributed by atoms with Crippen molar-refractivity contribution in [2.24, 2.45) is 0 Å². The standard InChI is InChI=1S/C24H27FN4O4/c1-15-19(14-26-16(2)27-15)22(30)20-21(17-5-3-6-18(25)13-17)29(24(32)23(20)31)8-4-7-28-9-11-33-12-10-28/h3,5-6,13-14,21,30H,4,7-12H2,1-2H3/t21-/m0/s1. The first-order valence-electron chi connectivity index (χ1n) is 11.0. The lowest BCUT2D eigenvalue weighted by atomic mass is 9.95. The first-order valence-corrected chi connectivity index (χ1v) is 11.0. The van der Waals surface area contributed by atoms with E-state index in [0.717, 1.165) is 19.6 Å². The highest BCUT2D eigenvalue weighted by Gasteiger charge is 2.46. The van der Waals surface area contributed by atoms with Crippen LogP contribution in [0.5, 0.6) is 0 Å². The number of benzene rings is 1. The maximum atomic E-state index is 14.1. The van der Waals surface area contributed by atoms with Crippen molar-refractivity contribution in [3.05, 3.63) is 64.5 Å². The molecule has 0 aliphatic carbocycles. The Bertz CT molecular complexity index is 1100. The van der Waals surface area contributed by atoms with Gasteiger partial charge in [-0.3, -0.25) is 14.5 Å². The van der Waals surface area contributed by atoms with Gasteiger partial charge in [-0.2, -0.15) is 0 Å². The van der Waals surface area contributed by atoms with E-state index in [2.05, 4.69) is 14.9 Å². The molecule has 174 valence electrons. The molecule has 2 fully saturated rings. The first-order chi connectivity index (χ1) is 15.9. The minimum atomic E-state index is -0.897. The maximum Gasteiger partial charge on any atom is 0.295 e. The highest BCUT2D eigenvalue weighted by molar-refractivity contribution is 6.46. The van der Waals surface area contributed by atoms with Crippen molar-refractivity contribution in [2.75, 3.05) is 39.4 Å². The summed E-state index contributed by atoms with van der Waals surface area (Å²) >= 11 is 0. The average Bonchev–Trinajstić information content (AvgIpc) is 3.04. The Balaban J connectivity index is 1.70. The smallest absolute Gasteiger partial charge is 0.295 e. The van der Waals surface area contributed by atoms with Crippen LogP contribution in [0.3, 0.4) is 0 Å². The number of ether oxygens (including phenoxy) is 1. The van der Waals surface area contributed by atoms with Crippen molar-refractivity contribution >= 4 is 17.4 Å².